The molecule has 1 unspecified atom stereocenters. The van der Waals surface area contributed by atoms with Crippen LogP contribution in [0, 0.1) is 25.2 Å². The Kier molecular flexibility index (Phi) is 4.12. The van der Waals surface area contributed by atoms with E-state index in [-0.39, 0.29) is 0 Å². The molecule has 0 aliphatic heterocycles. The number of hydrogen-bond acceptors (Lipinski definition) is 3. The van der Waals surface area contributed by atoms with Crippen LogP contribution >= 0.6 is 11.6 Å². The highest BCUT2D eigenvalue weighted by molar-refractivity contribution is 6.31. The number of nitrogens with two attached hydrogens (primary N) is 1. The van der Waals surface area contributed by atoms with Crippen LogP contribution in [-0.2, 0) is 12.1 Å². The highest BCUT2D eigenvalue weighted by atomic mass is 35.5. The summed E-state index contributed by atoms with van der Waals surface area (Å²) in [4.78, 5) is 0. The van der Waals surface area contributed by atoms with Gasteiger partial charge in [-0.05, 0) is 19.4 Å². The van der Waals surface area contributed by atoms with Crippen LogP contribution in [0.25, 0.3) is 0 Å². The topological polar surface area (TPSA) is 67.6 Å². The number of nitrogens with zero attached hydrogens (tertiary/aromatic N) is 3. The van der Waals surface area contributed by atoms with Crippen LogP contribution in [0.5, 0.6) is 0 Å². The van der Waals surface area contributed by atoms with Gasteiger partial charge in [0.15, 0.2) is 0 Å². The van der Waals surface area contributed by atoms with Gasteiger partial charge in [-0.15, -0.1) is 0 Å². The summed E-state index contributed by atoms with van der Waals surface area (Å²) in [6.45, 7) is 4.33. The Bertz CT molecular complexity index is 642. The summed E-state index contributed by atoms with van der Waals surface area (Å²) >= 11 is 6.12. The van der Waals surface area contributed by atoms with Gasteiger partial charge in [0.05, 0.1) is 22.5 Å². The van der Waals surface area contributed by atoms with Gasteiger partial charge < -0.3 is 5.73 Å². The van der Waals surface area contributed by atoms with Crippen LogP contribution in [0.15, 0.2) is 30.3 Å². The van der Waals surface area contributed by atoms with Crippen molar-refractivity contribution in [2.45, 2.75) is 32.4 Å². The third-order valence-corrected chi connectivity index (χ3v) is 4.05. The molecule has 0 saturated heterocycles. The van der Waals surface area contributed by atoms with E-state index >= 15 is 0 Å². The standard InChI is InChI=1S/C15H17ClN4/c1-11-14(16)12(2)20(19-11)9-8-15(18,10-17)13-6-4-3-5-7-13/h3-7H,8-9,18H2,1-2H3. The van der Waals surface area contributed by atoms with E-state index in [1.165, 1.54) is 0 Å². The quantitative estimate of drug-likeness (QED) is 0.940. The SMILES string of the molecule is Cc1nn(CCC(N)(C#N)c2ccccc2)c(C)c1Cl. The minimum absolute atomic E-state index is 0.478. The van der Waals surface area contributed by atoms with Crippen LogP contribution in [0.2, 0.25) is 5.02 Å². The van der Waals surface area contributed by atoms with E-state index in [4.69, 9.17) is 17.3 Å². The first-order valence-electron chi connectivity index (χ1n) is 6.43. The third-order valence-electron chi connectivity index (χ3n) is 3.50. The Labute approximate surface area is 123 Å². The molecule has 0 aliphatic rings. The van der Waals surface area contributed by atoms with Crippen LogP contribution in [0.4, 0.5) is 0 Å². The van der Waals surface area contributed by atoms with Gasteiger partial charge in [-0.25, -0.2) is 0 Å². The summed E-state index contributed by atoms with van der Waals surface area (Å²) in [6, 6.07) is 11.6. The van der Waals surface area contributed by atoms with Crippen molar-refractivity contribution in [1.29, 1.82) is 5.26 Å². The highest BCUT2D eigenvalue weighted by Gasteiger charge is 2.27. The number of aryl methyl sites for hydroxylation is 2. The van der Waals surface area contributed by atoms with E-state index in [9.17, 15) is 5.26 Å². The molecule has 5 heteroatoms. The lowest BCUT2D eigenvalue weighted by atomic mass is 9.89. The Morgan fingerprint density at radius 3 is 2.50 bits per heavy atom. The van der Waals surface area contributed by atoms with Crippen LogP contribution < -0.4 is 5.73 Å². The van der Waals surface area contributed by atoms with Crippen molar-refractivity contribution < 1.29 is 0 Å². The second-order valence-electron chi connectivity index (χ2n) is 4.91. The lowest BCUT2D eigenvalue weighted by Crippen LogP contribution is -2.36. The Morgan fingerprint density at radius 1 is 1.35 bits per heavy atom. The molecule has 1 heterocycles. The molecular formula is C15H17ClN4. The lowest BCUT2D eigenvalue weighted by Gasteiger charge is -2.22. The predicted molar refractivity (Wildman–Crippen MR) is 79.2 cm³/mol. The van der Waals surface area contributed by atoms with E-state index in [1.807, 2.05) is 44.2 Å². The van der Waals surface area contributed by atoms with Gasteiger partial charge in [0, 0.05) is 13.0 Å². The molecule has 2 N–H and O–H groups in total. The minimum atomic E-state index is -1.01. The molecule has 1 atom stereocenters. The van der Waals surface area contributed by atoms with Gasteiger partial charge in [0.25, 0.3) is 0 Å². The monoisotopic (exact) mass is 288 g/mol. The molecule has 0 radical (unpaired) electrons. The van der Waals surface area contributed by atoms with E-state index in [0.29, 0.717) is 18.0 Å². The smallest absolute Gasteiger partial charge is 0.131 e. The van der Waals surface area contributed by atoms with Gasteiger partial charge >= 0.3 is 0 Å². The largest absolute Gasteiger partial charge is 0.310 e. The van der Waals surface area contributed by atoms with E-state index in [0.717, 1.165) is 17.0 Å². The van der Waals surface area contributed by atoms with Crippen LogP contribution in [0.3, 0.4) is 0 Å². The molecule has 0 amide bonds. The maximum absolute atomic E-state index is 9.42. The number of halogens is 1. The number of aromatic nitrogens is 2. The fourth-order valence-electron chi connectivity index (χ4n) is 2.18. The molecule has 0 fully saturated rings. The average Bonchev–Trinajstić information content (AvgIpc) is 2.73. The average molecular weight is 289 g/mol. The summed E-state index contributed by atoms with van der Waals surface area (Å²) in [7, 11) is 0. The van der Waals surface area contributed by atoms with Crippen molar-refractivity contribution in [2.75, 3.05) is 0 Å². The highest BCUT2D eigenvalue weighted by Crippen LogP contribution is 2.24. The van der Waals surface area contributed by atoms with E-state index in [1.54, 1.807) is 4.68 Å². The molecule has 4 nitrogen and oxygen atoms in total. The molecule has 0 bridgehead atoms. The van der Waals surface area contributed by atoms with Gasteiger partial charge in [0.1, 0.15) is 5.54 Å². The fraction of sp³-hybridized carbons (Fsp3) is 0.333. The molecule has 1 aromatic heterocycles. The van der Waals surface area contributed by atoms with Gasteiger partial charge in [-0.3, -0.25) is 4.68 Å². The molecule has 0 saturated carbocycles. The second kappa shape index (κ2) is 5.66. The third kappa shape index (κ3) is 2.69. The lowest BCUT2D eigenvalue weighted by molar-refractivity contribution is 0.445. The van der Waals surface area contributed by atoms with Gasteiger partial charge in [-0.1, -0.05) is 41.9 Å². The molecular weight excluding hydrogens is 272 g/mol. The predicted octanol–water partition coefficient (Wildman–Crippen LogP) is 2.92. The number of nitriles is 1. The molecule has 1 aromatic carbocycles. The van der Waals surface area contributed by atoms with Crippen molar-refractivity contribution in [3.8, 4) is 6.07 Å². The molecule has 20 heavy (non-hydrogen) atoms. The van der Waals surface area contributed by atoms with Crippen molar-refractivity contribution in [2.24, 2.45) is 5.73 Å². The Morgan fingerprint density at radius 2 is 2.00 bits per heavy atom. The molecule has 2 rings (SSSR count). The van der Waals surface area contributed by atoms with Gasteiger partial charge in [-0.2, -0.15) is 10.4 Å². The number of rotatable bonds is 4. The molecule has 104 valence electrons. The van der Waals surface area contributed by atoms with Crippen molar-refractivity contribution in [3.05, 3.63) is 52.3 Å². The first-order chi connectivity index (χ1) is 9.48. The van der Waals surface area contributed by atoms with Crippen molar-refractivity contribution >= 4 is 11.6 Å². The Balaban J connectivity index is 2.20. The number of benzene rings is 1. The first-order valence-corrected chi connectivity index (χ1v) is 6.81. The maximum Gasteiger partial charge on any atom is 0.131 e. The summed E-state index contributed by atoms with van der Waals surface area (Å²) in [5, 5.41) is 14.4. The van der Waals surface area contributed by atoms with Crippen molar-refractivity contribution in [1.82, 2.24) is 9.78 Å². The summed E-state index contributed by atoms with van der Waals surface area (Å²) < 4.78 is 1.81. The zero-order valence-corrected chi connectivity index (χ0v) is 12.4. The Hall–Kier alpha value is -1.83. The second-order valence-corrected chi connectivity index (χ2v) is 5.29. The summed E-state index contributed by atoms with van der Waals surface area (Å²) in [5.41, 5.74) is 7.72. The molecule has 2 aromatic rings. The molecule has 0 spiro atoms. The number of hydrogen-bond donors (Lipinski definition) is 1. The summed E-state index contributed by atoms with van der Waals surface area (Å²) in [5.74, 6) is 0. The van der Waals surface area contributed by atoms with E-state index in [2.05, 4.69) is 11.2 Å². The van der Waals surface area contributed by atoms with Crippen LogP contribution in [-0.4, -0.2) is 9.78 Å². The van der Waals surface area contributed by atoms with Crippen LogP contribution in [0.1, 0.15) is 23.4 Å². The molecule has 0 aliphatic carbocycles. The zero-order chi connectivity index (χ0) is 14.8. The normalized spacial score (nSPS) is 13.8. The fourth-order valence-corrected chi connectivity index (χ4v) is 2.31. The van der Waals surface area contributed by atoms with Crippen molar-refractivity contribution in [3.63, 3.8) is 0 Å². The zero-order valence-electron chi connectivity index (χ0n) is 11.6. The first kappa shape index (κ1) is 14.6. The minimum Gasteiger partial charge on any atom is -0.310 e. The van der Waals surface area contributed by atoms with Gasteiger partial charge in [0.2, 0.25) is 0 Å². The van der Waals surface area contributed by atoms with E-state index < -0.39 is 5.54 Å². The maximum atomic E-state index is 9.42. The summed E-state index contributed by atoms with van der Waals surface area (Å²) in [6.07, 6.45) is 0.478.